The van der Waals surface area contributed by atoms with E-state index in [4.69, 9.17) is 4.74 Å². The van der Waals surface area contributed by atoms with E-state index in [0.29, 0.717) is 5.25 Å². The van der Waals surface area contributed by atoms with E-state index < -0.39 is 0 Å². The molecule has 1 rings (SSSR count). The van der Waals surface area contributed by atoms with Crippen molar-refractivity contribution in [3.05, 3.63) is 23.8 Å². The van der Waals surface area contributed by atoms with Crippen molar-refractivity contribution in [2.45, 2.75) is 30.9 Å². The maximum atomic E-state index is 5.20. The van der Waals surface area contributed by atoms with Crippen LogP contribution in [0.25, 0.3) is 0 Å². The Morgan fingerprint density at radius 1 is 1.31 bits per heavy atom. The number of ether oxygens (including phenoxy) is 1. The Kier molecular flexibility index (Phi) is 3.67. The largest absolute Gasteiger partial charge is 0.496 e. The van der Waals surface area contributed by atoms with Crippen LogP contribution < -0.4 is 4.74 Å². The molecule has 13 heavy (non-hydrogen) atoms. The third-order valence-electron chi connectivity index (χ3n) is 1.74. The number of benzene rings is 1. The van der Waals surface area contributed by atoms with E-state index in [0.717, 1.165) is 5.75 Å². The summed E-state index contributed by atoms with van der Waals surface area (Å²) in [6.45, 7) is 6.47. The molecule has 0 aliphatic rings. The minimum Gasteiger partial charge on any atom is -0.496 e. The molecule has 0 radical (unpaired) electrons. The molecule has 0 amide bonds. The van der Waals surface area contributed by atoms with Crippen LogP contribution >= 0.6 is 11.8 Å². The van der Waals surface area contributed by atoms with Crippen LogP contribution in [0, 0.1) is 6.92 Å². The molecule has 0 spiro atoms. The summed E-state index contributed by atoms with van der Waals surface area (Å²) in [5.74, 6) is 0.966. The lowest BCUT2D eigenvalue weighted by molar-refractivity contribution is 0.411. The van der Waals surface area contributed by atoms with E-state index in [2.05, 4.69) is 32.9 Å². The van der Waals surface area contributed by atoms with E-state index in [-0.39, 0.29) is 0 Å². The molecule has 0 fully saturated rings. The van der Waals surface area contributed by atoms with Gasteiger partial charge in [-0.2, -0.15) is 0 Å². The summed E-state index contributed by atoms with van der Waals surface area (Å²) in [6.07, 6.45) is 0. The fraction of sp³-hybridized carbons (Fsp3) is 0.455. The van der Waals surface area contributed by atoms with Gasteiger partial charge in [0.05, 0.1) is 7.11 Å². The highest BCUT2D eigenvalue weighted by Gasteiger charge is 2.01. The van der Waals surface area contributed by atoms with Crippen molar-refractivity contribution < 1.29 is 4.74 Å². The van der Waals surface area contributed by atoms with Gasteiger partial charge in [-0.25, -0.2) is 0 Å². The quantitative estimate of drug-likeness (QED) is 0.684. The molecule has 0 N–H and O–H groups in total. The minimum absolute atomic E-state index is 0.632. The molecule has 0 saturated heterocycles. The van der Waals surface area contributed by atoms with Crippen LogP contribution in [0.5, 0.6) is 5.75 Å². The smallest absolute Gasteiger partial charge is 0.121 e. The molecule has 0 atom stereocenters. The van der Waals surface area contributed by atoms with Crippen molar-refractivity contribution in [1.82, 2.24) is 0 Å². The Bertz CT molecular complexity index is 281. The Balaban J connectivity index is 2.83. The summed E-state index contributed by atoms with van der Waals surface area (Å²) >= 11 is 1.88. The summed E-state index contributed by atoms with van der Waals surface area (Å²) < 4.78 is 5.20. The molecule has 1 aromatic rings. The third-order valence-corrected chi connectivity index (χ3v) is 2.74. The first-order valence-electron chi connectivity index (χ1n) is 4.44. The Morgan fingerprint density at radius 3 is 2.46 bits per heavy atom. The Morgan fingerprint density at radius 2 is 2.00 bits per heavy atom. The molecule has 2 heteroatoms. The lowest BCUT2D eigenvalue weighted by Crippen LogP contribution is -1.89. The first-order chi connectivity index (χ1) is 6.13. The van der Waals surface area contributed by atoms with Crippen LogP contribution in [0.15, 0.2) is 23.1 Å². The second-order valence-electron chi connectivity index (χ2n) is 3.30. The molecule has 1 nitrogen and oxygen atoms in total. The molecule has 0 aliphatic heterocycles. The molecular weight excluding hydrogens is 180 g/mol. The van der Waals surface area contributed by atoms with Crippen LogP contribution in [-0.4, -0.2) is 12.4 Å². The lowest BCUT2D eigenvalue weighted by Gasteiger charge is -2.08. The average Bonchev–Trinajstić information content (AvgIpc) is 2.03. The molecule has 0 saturated carbocycles. The first kappa shape index (κ1) is 10.5. The molecule has 0 aromatic heterocycles. The van der Waals surface area contributed by atoms with Crippen LogP contribution in [0.3, 0.4) is 0 Å². The molecule has 0 unspecified atom stereocenters. The zero-order valence-electron chi connectivity index (χ0n) is 8.63. The second kappa shape index (κ2) is 4.56. The maximum absolute atomic E-state index is 5.20. The number of hydrogen-bond acceptors (Lipinski definition) is 2. The number of aryl methyl sites for hydroxylation is 1. The average molecular weight is 196 g/mol. The van der Waals surface area contributed by atoms with Gasteiger partial charge in [-0.1, -0.05) is 13.8 Å². The molecule has 1 aromatic carbocycles. The van der Waals surface area contributed by atoms with Crippen LogP contribution in [0.4, 0.5) is 0 Å². The van der Waals surface area contributed by atoms with Gasteiger partial charge in [-0.15, -0.1) is 11.8 Å². The predicted octanol–water partition coefficient (Wildman–Crippen LogP) is 3.50. The first-order valence-corrected chi connectivity index (χ1v) is 5.32. The van der Waals surface area contributed by atoms with Gasteiger partial charge in [-0.05, 0) is 30.7 Å². The van der Waals surface area contributed by atoms with Gasteiger partial charge >= 0.3 is 0 Å². The van der Waals surface area contributed by atoms with Crippen molar-refractivity contribution in [2.75, 3.05) is 7.11 Å². The zero-order chi connectivity index (χ0) is 9.84. The second-order valence-corrected chi connectivity index (χ2v) is 4.95. The number of thioether (sulfide) groups is 1. The Labute approximate surface area is 84.5 Å². The normalized spacial score (nSPS) is 10.5. The van der Waals surface area contributed by atoms with Crippen molar-refractivity contribution in [1.29, 1.82) is 0 Å². The van der Waals surface area contributed by atoms with E-state index in [1.165, 1.54) is 10.5 Å². The van der Waals surface area contributed by atoms with Gasteiger partial charge in [0.15, 0.2) is 0 Å². The lowest BCUT2D eigenvalue weighted by atomic mass is 10.2. The van der Waals surface area contributed by atoms with E-state index in [1.807, 2.05) is 17.8 Å². The number of methoxy groups -OCH3 is 1. The molecule has 0 heterocycles. The van der Waals surface area contributed by atoms with Gasteiger partial charge in [0.2, 0.25) is 0 Å². The zero-order valence-corrected chi connectivity index (χ0v) is 9.44. The van der Waals surface area contributed by atoms with Crippen molar-refractivity contribution in [2.24, 2.45) is 0 Å². The maximum Gasteiger partial charge on any atom is 0.121 e. The van der Waals surface area contributed by atoms with E-state index >= 15 is 0 Å². The summed E-state index contributed by atoms with van der Waals surface area (Å²) in [6, 6.07) is 6.31. The summed E-state index contributed by atoms with van der Waals surface area (Å²) in [4.78, 5) is 1.31. The fourth-order valence-electron chi connectivity index (χ4n) is 1.20. The predicted molar refractivity (Wildman–Crippen MR) is 58.7 cm³/mol. The van der Waals surface area contributed by atoms with Gasteiger partial charge < -0.3 is 4.74 Å². The van der Waals surface area contributed by atoms with Gasteiger partial charge in [0.25, 0.3) is 0 Å². The van der Waals surface area contributed by atoms with Crippen LogP contribution in [0.1, 0.15) is 19.4 Å². The number of rotatable bonds is 3. The van der Waals surface area contributed by atoms with Crippen LogP contribution in [-0.2, 0) is 0 Å². The van der Waals surface area contributed by atoms with E-state index in [1.54, 1.807) is 7.11 Å². The molecule has 72 valence electrons. The van der Waals surface area contributed by atoms with Gasteiger partial charge in [0, 0.05) is 10.1 Å². The molecule has 0 aliphatic carbocycles. The van der Waals surface area contributed by atoms with E-state index in [9.17, 15) is 0 Å². The van der Waals surface area contributed by atoms with Crippen LogP contribution in [0.2, 0.25) is 0 Å². The topological polar surface area (TPSA) is 9.23 Å². The van der Waals surface area contributed by atoms with Crippen molar-refractivity contribution in [3.8, 4) is 5.75 Å². The highest BCUT2D eigenvalue weighted by molar-refractivity contribution is 7.99. The highest BCUT2D eigenvalue weighted by atomic mass is 32.2. The standard InChI is InChI=1S/C11H16OS/c1-8(2)13-10-5-6-11(12-4)9(3)7-10/h5-8H,1-4H3. The van der Waals surface area contributed by atoms with Crippen molar-refractivity contribution in [3.63, 3.8) is 0 Å². The SMILES string of the molecule is COc1ccc(SC(C)C)cc1C. The minimum atomic E-state index is 0.632. The highest BCUT2D eigenvalue weighted by Crippen LogP contribution is 2.27. The monoisotopic (exact) mass is 196 g/mol. The van der Waals surface area contributed by atoms with Crippen molar-refractivity contribution >= 4 is 11.8 Å². The number of hydrogen-bond donors (Lipinski definition) is 0. The summed E-state index contributed by atoms with van der Waals surface area (Å²) in [5, 5.41) is 0.632. The van der Waals surface area contributed by atoms with Gasteiger partial charge in [-0.3, -0.25) is 0 Å². The molecule has 0 bridgehead atoms. The fourth-order valence-corrected chi connectivity index (χ4v) is 2.13. The van der Waals surface area contributed by atoms with Gasteiger partial charge in [0.1, 0.15) is 5.75 Å². The Hall–Kier alpha value is -0.630. The summed E-state index contributed by atoms with van der Waals surface area (Å²) in [5.41, 5.74) is 1.20. The molecular formula is C11H16OS. The third kappa shape index (κ3) is 2.96. The summed E-state index contributed by atoms with van der Waals surface area (Å²) in [7, 11) is 1.71.